The molecule has 0 atom stereocenters. The van der Waals surface area contributed by atoms with Gasteiger partial charge in [-0.05, 0) is 18.2 Å². The van der Waals surface area contributed by atoms with Crippen LogP contribution in [0.2, 0.25) is 0 Å². The Morgan fingerprint density at radius 1 is 1.00 bits per heavy atom. The lowest BCUT2D eigenvalue weighted by Gasteiger charge is -2.35. The van der Waals surface area contributed by atoms with Crippen LogP contribution >= 0.6 is 0 Å². The van der Waals surface area contributed by atoms with Crippen molar-refractivity contribution in [3.8, 4) is 11.3 Å². The van der Waals surface area contributed by atoms with E-state index in [-0.39, 0.29) is 0 Å². The molecule has 0 aliphatic carbocycles. The van der Waals surface area contributed by atoms with Gasteiger partial charge in [-0.25, -0.2) is 13.8 Å². The van der Waals surface area contributed by atoms with Crippen molar-refractivity contribution in [3.63, 3.8) is 0 Å². The molecule has 0 spiro atoms. The Labute approximate surface area is 156 Å². The molecule has 3 heterocycles. The smallest absolute Gasteiger partial charge is 0.159 e. The normalized spacial score (nSPS) is 15.3. The second-order valence-corrected chi connectivity index (χ2v) is 6.64. The molecule has 1 aliphatic heterocycles. The predicted octanol–water partition coefficient (Wildman–Crippen LogP) is 2.48. The van der Waals surface area contributed by atoms with E-state index in [2.05, 4.69) is 24.9 Å². The van der Waals surface area contributed by atoms with Crippen molar-refractivity contribution in [2.75, 3.05) is 31.1 Å². The summed E-state index contributed by atoms with van der Waals surface area (Å²) >= 11 is 0. The van der Waals surface area contributed by atoms with Crippen LogP contribution in [0.15, 0.2) is 43.0 Å². The van der Waals surface area contributed by atoms with Crippen molar-refractivity contribution in [2.45, 2.75) is 6.54 Å². The molecule has 27 heavy (non-hydrogen) atoms. The standard InChI is InChI=1S/C19H20F2N6/c1-25-12-14(11-24-25)13-26-6-8-27(9-7-26)19-18(22-4-5-23-19)15-2-3-16(20)17(21)10-15/h2-5,10-12H,6-9,13H2,1H3. The first-order valence-corrected chi connectivity index (χ1v) is 8.81. The van der Waals surface area contributed by atoms with Crippen molar-refractivity contribution in [1.29, 1.82) is 0 Å². The Bertz CT molecular complexity index is 933. The molecule has 0 N–H and O–H groups in total. The Balaban J connectivity index is 1.49. The molecule has 1 aromatic carbocycles. The molecule has 0 radical (unpaired) electrons. The number of benzene rings is 1. The summed E-state index contributed by atoms with van der Waals surface area (Å²) in [6.07, 6.45) is 7.10. The molecule has 1 saturated heterocycles. The summed E-state index contributed by atoms with van der Waals surface area (Å²) in [5.41, 5.74) is 2.28. The minimum absolute atomic E-state index is 0.523. The molecule has 140 valence electrons. The average Bonchev–Trinajstić information content (AvgIpc) is 3.09. The van der Waals surface area contributed by atoms with Crippen molar-refractivity contribution < 1.29 is 8.78 Å². The highest BCUT2D eigenvalue weighted by atomic mass is 19.2. The quantitative estimate of drug-likeness (QED) is 0.706. The third-order valence-electron chi connectivity index (χ3n) is 4.71. The molecule has 3 aromatic rings. The summed E-state index contributed by atoms with van der Waals surface area (Å²) in [6.45, 7) is 4.19. The zero-order chi connectivity index (χ0) is 18.8. The summed E-state index contributed by atoms with van der Waals surface area (Å²) in [5, 5.41) is 4.21. The van der Waals surface area contributed by atoms with E-state index < -0.39 is 11.6 Å². The van der Waals surface area contributed by atoms with Crippen LogP contribution in [0.25, 0.3) is 11.3 Å². The van der Waals surface area contributed by atoms with Gasteiger partial charge in [0.25, 0.3) is 0 Å². The Kier molecular flexibility index (Phi) is 4.81. The lowest BCUT2D eigenvalue weighted by Crippen LogP contribution is -2.46. The van der Waals surface area contributed by atoms with Gasteiger partial charge in [-0.15, -0.1) is 0 Å². The first-order chi connectivity index (χ1) is 13.1. The summed E-state index contributed by atoms with van der Waals surface area (Å²) in [5.74, 6) is -1.05. The van der Waals surface area contributed by atoms with Crippen LogP contribution in [0.4, 0.5) is 14.6 Å². The van der Waals surface area contributed by atoms with Crippen LogP contribution in [0.5, 0.6) is 0 Å². The lowest BCUT2D eigenvalue weighted by molar-refractivity contribution is 0.249. The van der Waals surface area contributed by atoms with Gasteiger partial charge in [0.05, 0.1) is 6.20 Å². The first-order valence-electron chi connectivity index (χ1n) is 8.81. The average molecular weight is 370 g/mol. The zero-order valence-corrected chi connectivity index (χ0v) is 15.0. The van der Waals surface area contributed by atoms with Crippen LogP contribution < -0.4 is 4.90 Å². The number of nitrogens with zero attached hydrogens (tertiary/aromatic N) is 6. The maximum atomic E-state index is 13.6. The second-order valence-electron chi connectivity index (χ2n) is 6.64. The van der Waals surface area contributed by atoms with Gasteiger partial charge in [0, 0.05) is 69.5 Å². The number of aryl methyl sites for hydroxylation is 1. The number of hydrogen-bond donors (Lipinski definition) is 0. The van der Waals surface area contributed by atoms with Crippen LogP contribution in [-0.2, 0) is 13.6 Å². The van der Waals surface area contributed by atoms with E-state index in [9.17, 15) is 8.78 Å². The molecule has 0 amide bonds. The van der Waals surface area contributed by atoms with Crippen LogP contribution in [0.1, 0.15) is 5.56 Å². The van der Waals surface area contributed by atoms with Gasteiger partial charge in [-0.2, -0.15) is 5.10 Å². The predicted molar refractivity (Wildman–Crippen MR) is 98.1 cm³/mol. The van der Waals surface area contributed by atoms with Crippen LogP contribution in [0.3, 0.4) is 0 Å². The minimum Gasteiger partial charge on any atom is -0.352 e. The lowest BCUT2D eigenvalue weighted by atomic mass is 10.1. The van der Waals surface area contributed by atoms with E-state index in [0.717, 1.165) is 38.8 Å². The highest BCUT2D eigenvalue weighted by molar-refractivity contribution is 5.72. The van der Waals surface area contributed by atoms with Crippen molar-refractivity contribution in [3.05, 3.63) is 60.2 Å². The SMILES string of the molecule is Cn1cc(CN2CCN(c3nccnc3-c3ccc(F)c(F)c3)CC2)cn1. The topological polar surface area (TPSA) is 50.1 Å². The molecule has 0 unspecified atom stereocenters. The fourth-order valence-corrected chi connectivity index (χ4v) is 3.34. The van der Waals surface area contributed by atoms with E-state index in [4.69, 9.17) is 0 Å². The fraction of sp³-hybridized carbons (Fsp3) is 0.316. The summed E-state index contributed by atoms with van der Waals surface area (Å²) in [6, 6.07) is 3.82. The summed E-state index contributed by atoms with van der Waals surface area (Å²) in [4.78, 5) is 13.3. The molecule has 4 rings (SSSR count). The summed E-state index contributed by atoms with van der Waals surface area (Å²) in [7, 11) is 1.91. The van der Waals surface area contributed by atoms with E-state index >= 15 is 0 Å². The fourth-order valence-electron chi connectivity index (χ4n) is 3.34. The van der Waals surface area contributed by atoms with Gasteiger partial charge >= 0.3 is 0 Å². The number of halogens is 2. The van der Waals surface area contributed by atoms with E-state index in [1.54, 1.807) is 17.1 Å². The maximum absolute atomic E-state index is 13.6. The number of anilines is 1. The number of hydrogen-bond acceptors (Lipinski definition) is 5. The van der Waals surface area contributed by atoms with Crippen LogP contribution in [0, 0.1) is 11.6 Å². The monoisotopic (exact) mass is 370 g/mol. The molecular weight excluding hydrogens is 350 g/mol. The minimum atomic E-state index is -0.884. The third-order valence-corrected chi connectivity index (χ3v) is 4.71. The highest BCUT2D eigenvalue weighted by Gasteiger charge is 2.22. The zero-order valence-electron chi connectivity index (χ0n) is 15.0. The van der Waals surface area contributed by atoms with Gasteiger partial charge < -0.3 is 4.90 Å². The van der Waals surface area contributed by atoms with Crippen molar-refractivity contribution in [1.82, 2.24) is 24.6 Å². The Morgan fingerprint density at radius 2 is 1.78 bits per heavy atom. The van der Waals surface area contributed by atoms with Gasteiger partial charge in [0.2, 0.25) is 0 Å². The van der Waals surface area contributed by atoms with Gasteiger partial charge in [-0.1, -0.05) is 0 Å². The number of aromatic nitrogens is 4. The number of piperazine rings is 1. The molecule has 0 saturated carbocycles. The third kappa shape index (κ3) is 3.80. The summed E-state index contributed by atoms with van der Waals surface area (Å²) < 4.78 is 28.7. The van der Waals surface area contributed by atoms with Gasteiger partial charge in [-0.3, -0.25) is 14.6 Å². The Morgan fingerprint density at radius 3 is 2.48 bits per heavy atom. The van der Waals surface area contributed by atoms with E-state index in [1.165, 1.54) is 17.7 Å². The van der Waals surface area contributed by atoms with E-state index in [1.807, 2.05) is 19.4 Å². The van der Waals surface area contributed by atoms with Crippen molar-refractivity contribution in [2.24, 2.45) is 7.05 Å². The highest BCUT2D eigenvalue weighted by Crippen LogP contribution is 2.28. The molecule has 1 fully saturated rings. The Hall–Kier alpha value is -2.87. The first kappa shape index (κ1) is 17.5. The van der Waals surface area contributed by atoms with Gasteiger partial charge in [0.15, 0.2) is 17.5 Å². The largest absolute Gasteiger partial charge is 0.352 e. The maximum Gasteiger partial charge on any atom is 0.159 e. The number of rotatable bonds is 4. The second kappa shape index (κ2) is 7.40. The molecule has 8 heteroatoms. The van der Waals surface area contributed by atoms with Gasteiger partial charge in [0.1, 0.15) is 5.69 Å². The van der Waals surface area contributed by atoms with Crippen LogP contribution in [-0.4, -0.2) is 50.8 Å². The molecule has 0 bridgehead atoms. The molecular formula is C19H20F2N6. The molecule has 2 aromatic heterocycles. The van der Waals surface area contributed by atoms with E-state index in [0.29, 0.717) is 17.1 Å². The molecule has 1 aliphatic rings. The van der Waals surface area contributed by atoms with Crippen molar-refractivity contribution >= 4 is 5.82 Å². The molecule has 6 nitrogen and oxygen atoms in total.